The quantitative estimate of drug-likeness (QED) is 0.678. The lowest BCUT2D eigenvalue weighted by Crippen LogP contribution is -2.15. The molecule has 0 unspecified atom stereocenters. The van der Waals surface area contributed by atoms with Crippen molar-refractivity contribution >= 4 is 23.4 Å². The Balaban J connectivity index is 1.66. The molecule has 3 rings (SSSR count). The predicted molar refractivity (Wildman–Crippen MR) is 93.9 cm³/mol. The van der Waals surface area contributed by atoms with Gasteiger partial charge >= 0.3 is 0 Å². The average molecular weight is 360 g/mol. The van der Waals surface area contributed by atoms with Crippen molar-refractivity contribution in [3.63, 3.8) is 0 Å². The SMILES string of the molecule is CCn1c(SCC(=O)Nc2ccc(F)cc2C)nnc1-c1ccco1. The maximum atomic E-state index is 13.1. The van der Waals surface area contributed by atoms with Gasteiger partial charge in [0.2, 0.25) is 5.91 Å². The van der Waals surface area contributed by atoms with Gasteiger partial charge < -0.3 is 9.73 Å². The Morgan fingerprint density at radius 2 is 2.20 bits per heavy atom. The first-order valence-electron chi connectivity index (χ1n) is 7.74. The summed E-state index contributed by atoms with van der Waals surface area (Å²) in [7, 11) is 0. The minimum absolute atomic E-state index is 0.174. The number of carbonyl (C=O) groups is 1. The molecular weight excluding hydrogens is 343 g/mol. The monoisotopic (exact) mass is 360 g/mol. The molecule has 25 heavy (non-hydrogen) atoms. The number of rotatable bonds is 6. The van der Waals surface area contributed by atoms with E-state index in [9.17, 15) is 9.18 Å². The standard InChI is InChI=1S/C17H17FN4O2S/c1-3-22-16(14-5-4-8-24-14)20-21-17(22)25-10-15(23)19-13-7-6-12(18)9-11(13)2/h4-9H,3,10H2,1-2H3,(H,19,23). The van der Waals surface area contributed by atoms with Gasteiger partial charge in [0.25, 0.3) is 0 Å². The third kappa shape index (κ3) is 3.90. The Kier molecular flexibility index (Phi) is 5.18. The number of anilines is 1. The first kappa shape index (κ1) is 17.2. The molecule has 0 radical (unpaired) electrons. The van der Waals surface area contributed by atoms with Crippen LogP contribution in [0.1, 0.15) is 12.5 Å². The van der Waals surface area contributed by atoms with Crippen molar-refractivity contribution < 1.29 is 13.6 Å². The van der Waals surface area contributed by atoms with E-state index in [1.54, 1.807) is 25.3 Å². The Labute approximate surface area is 148 Å². The topological polar surface area (TPSA) is 73.0 Å². The Morgan fingerprint density at radius 1 is 1.36 bits per heavy atom. The molecule has 0 fully saturated rings. The van der Waals surface area contributed by atoms with E-state index in [-0.39, 0.29) is 17.5 Å². The summed E-state index contributed by atoms with van der Waals surface area (Å²) < 4.78 is 20.4. The summed E-state index contributed by atoms with van der Waals surface area (Å²) in [4.78, 5) is 12.2. The van der Waals surface area contributed by atoms with Gasteiger partial charge in [0.15, 0.2) is 16.7 Å². The largest absolute Gasteiger partial charge is 0.461 e. The normalized spacial score (nSPS) is 10.8. The number of benzene rings is 1. The minimum atomic E-state index is -0.327. The molecule has 1 amide bonds. The van der Waals surface area contributed by atoms with Gasteiger partial charge in [-0.05, 0) is 49.7 Å². The Hall–Kier alpha value is -2.61. The summed E-state index contributed by atoms with van der Waals surface area (Å²) in [6, 6.07) is 7.85. The molecule has 1 N–H and O–H groups in total. The lowest BCUT2D eigenvalue weighted by atomic mass is 10.2. The van der Waals surface area contributed by atoms with Crippen LogP contribution in [0, 0.1) is 12.7 Å². The number of furan rings is 1. The number of hydrogen-bond acceptors (Lipinski definition) is 5. The second-order valence-electron chi connectivity index (χ2n) is 5.32. The van der Waals surface area contributed by atoms with Crippen molar-refractivity contribution in [1.29, 1.82) is 0 Å². The number of nitrogens with one attached hydrogen (secondary N) is 1. The van der Waals surface area contributed by atoms with Crippen LogP contribution in [0.25, 0.3) is 11.6 Å². The van der Waals surface area contributed by atoms with Crippen LogP contribution >= 0.6 is 11.8 Å². The maximum absolute atomic E-state index is 13.1. The molecule has 0 aliphatic rings. The molecule has 0 saturated carbocycles. The summed E-state index contributed by atoms with van der Waals surface area (Å²) in [6.45, 7) is 4.38. The van der Waals surface area contributed by atoms with Crippen molar-refractivity contribution in [2.45, 2.75) is 25.5 Å². The van der Waals surface area contributed by atoms with Crippen LogP contribution in [-0.4, -0.2) is 26.4 Å². The van der Waals surface area contributed by atoms with Crippen LogP contribution in [0.3, 0.4) is 0 Å². The fourth-order valence-electron chi connectivity index (χ4n) is 2.35. The second-order valence-corrected chi connectivity index (χ2v) is 6.27. The van der Waals surface area contributed by atoms with E-state index in [4.69, 9.17) is 4.42 Å². The third-order valence-corrected chi connectivity index (χ3v) is 4.54. The number of hydrogen-bond donors (Lipinski definition) is 1. The lowest BCUT2D eigenvalue weighted by molar-refractivity contribution is -0.113. The molecule has 2 heterocycles. The molecule has 130 valence electrons. The van der Waals surface area contributed by atoms with Gasteiger partial charge in [0.05, 0.1) is 12.0 Å². The van der Waals surface area contributed by atoms with Crippen LogP contribution in [0.2, 0.25) is 0 Å². The van der Waals surface area contributed by atoms with Crippen molar-refractivity contribution in [3.05, 3.63) is 48.0 Å². The number of carbonyl (C=O) groups excluding carboxylic acids is 1. The number of amides is 1. The van der Waals surface area contributed by atoms with Crippen LogP contribution in [0.15, 0.2) is 46.2 Å². The molecule has 0 atom stereocenters. The molecule has 3 aromatic rings. The number of aryl methyl sites for hydroxylation is 1. The zero-order valence-electron chi connectivity index (χ0n) is 13.8. The zero-order valence-corrected chi connectivity index (χ0v) is 14.6. The summed E-state index contributed by atoms with van der Waals surface area (Å²) >= 11 is 1.29. The molecular formula is C17H17FN4O2S. The van der Waals surface area contributed by atoms with E-state index in [0.29, 0.717) is 34.5 Å². The number of aromatic nitrogens is 3. The van der Waals surface area contributed by atoms with E-state index in [0.717, 1.165) is 0 Å². The highest BCUT2D eigenvalue weighted by molar-refractivity contribution is 7.99. The van der Waals surface area contributed by atoms with Gasteiger partial charge in [-0.15, -0.1) is 10.2 Å². The van der Waals surface area contributed by atoms with Crippen LogP contribution in [0.4, 0.5) is 10.1 Å². The Bertz CT molecular complexity index is 877. The second kappa shape index (κ2) is 7.52. The molecule has 0 bridgehead atoms. The van der Waals surface area contributed by atoms with Crippen molar-refractivity contribution in [2.75, 3.05) is 11.1 Å². The van der Waals surface area contributed by atoms with E-state index in [1.165, 1.54) is 23.9 Å². The molecule has 6 nitrogen and oxygen atoms in total. The van der Waals surface area contributed by atoms with E-state index in [2.05, 4.69) is 15.5 Å². The van der Waals surface area contributed by atoms with E-state index < -0.39 is 0 Å². The summed E-state index contributed by atoms with van der Waals surface area (Å²) in [5.74, 6) is 0.918. The Morgan fingerprint density at radius 3 is 2.88 bits per heavy atom. The molecule has 0 aliphatic heterocycles. The van der Waals surface area contributed by atoms with Crippen LogP contribution in [0.5, 0.6) is 0 Å². The van der Waals surface area contributed by atoms with Gasteiger partial charge in [-0.3, -0.25) is 9.36 Å². The van der Waals surface area contributed by atoms with Crippen LogP contribution in [-0.2, 0) is 11.3 Å². The molecule has 0 aliphatic carbocycles. The molecule has 1 aromatic carbocycles. The zero-order chi connectivity index (χ0) is 17.8. The fraction of sp³-hybridized carbons (Fsp3) is 0.235. The summed E-state index contributed by atoms with van der Waals surface area (Å²) in [5, 5.41) is 11.7. The average Bonchev–Trinajstić information content (AvgIpc) is 3.24. The van der Waals surface area contributed by atoms with Gasteiger partial charge in [-0.25, -0.2) is 4.39 Å². The van der Waals surface area contributed by atoms with Crippen molar-refractivity contribution in [1.82, 2.24) is 14.8 Å². The number of thioether (sulfide) groups is 1. The third-order valence-electron chi connectivity index (χ3n) is 3.57. The van der Waals surface area contributed by atoms with Gasteiger partial charge in [0.1, 0.15) is 5.82 Å². The van der Waals surface area contributed by atoms with Crippen LogP contribution < -0.4 is 5.32 Å². The highest BCUT2D eigenvalue weighted by Crippen LogP contribution is 2.24. The highest BCUT2D eigenvalue weighted by atomic mass is 32.2. The minimum Gasteiger partial charge on any atom is -0.461 e. The number of halogens is 1. The van der Waals surface area contributed by atoms with E-state index in [1.807, 2.05) is 17.6 Å². The van der Waals surface area contributed by atoms with Crippen molar-refractivity contribution in [2.24, 2.45) is 0 Å². The summed E-state index contributed by atoms with van der Waals surface area (Å²) in [6.07, 6.45) is 1.58. The number of nitrogens with zero attached hydrogens (tertiary/aromatic N) is 3. The predicted octanol–water partition coefficient (Wildman–Crippen LogP) is 3.74. The van der Waals surface area contributed by atoms with Crippen molar-refractivity contribution in [3.8, 4) is 11.6 Å². The first-order valence-corrected chi connectivity index (χ1v) is 8.73. The lowest BCUT2D eigenvalue weighted by Gasteiger charge is -2.09. The maximum Gasteiger partial charge on any atom is 0.234 e. The summed E-state index contributed by atoms with van der Waals surface area (Å²) in [5.41, 5.74) is 1.27. The molecule has 2 aromatic heterocycles. The van der Waals surface area contributed by atoms with Gasteiger partial charge in [-0.2, -0.15) is 0 Å². The first-order chi connectivity index (χ1) is 12.1. The fourth-order valence-corrected chi connectivity index (χ4v) is 3.15. The van der Waals surface area contributed by atoms with E-state index >= 15 is 0 Å². The molecule has 0 saturated heterocycles. The van der Waals surface area contributed by atoms with Gasteiger partial charge in [0, 0.05) is 12.2 Å². The highest BCUT2D eigenvalue weighted by Gasteiger charge is 2.16. The molecule has 8 heteroatoms. The smallest absolute Gasteiger partial charge is 0.234 e. The van der Waals surface area contributed by atoms with Gasteiger partial charge in [-0.1, -0.05) is 11.8 Å². The molecule has 0 spiro atoms.